The smallest absolute Gasteiger partial charge is 0.234 e. The topological polar surface area (TPSA) is 141 Å². The number of carbonyl (C=O) groups is 2. The fourth-order valence-electron chi connectivity index (χ4n) is 1.98. The predicted octanol–water partition coefficient (Wildman–Crippen LogP) is -0.200. The van der Waals surface area contributed by atoms with E-state index in [0.29, 0.717) is 25.1 Å². The van der Waals surface area contributed by atoms with Crippen molar-refractivity contribution in [3.05, 3.63) is 11.9 Å². The highest BCUT2D eigenvalue weighted by molar-refractivity contribution is 5.80. The summed E-state index contributed by atoms with van der Waals surface area (Å²) in [4.78, 5) is 22.2. The molecule has 1 rings (SSSR count). The van der Waals surface area contributed by atoms with Gasteiger partial charge in [-0.05, 0) is 26.9 Å². The van der Waals surface area contributed by atoms with Gasteiger partial charge >= 0.3 is 0 Å². The van der Waals surface area contributed by atoms with E-state index in [9.17, 15) is 9.59 Å². The average Bonchev–Trinajstić information content (AvgIpc) is 3.07. The van der Waals surface area contributed by atoms with Gasteiger partial charge in [0.1, 0.15) is 0 Å². The zero-order valence-electron chi connectivity index (χ0n) is 16.4. The Morgan fingerprint density at radius 2 is 1.60 bits per heavy atom. The number of rotatable bonds is 10. The lowest BCUT2D eigenvalue weighted by molar-refractivity contribution is -0.120. The molecule has 0 bridgehead atoms. The second-order valence-corrected chi connectivity index (χ2v) is 4.81. The second-order valence-electron chi connectivity index (χ2n) is 4.81. The van der Waals surface area contributed by atoms with Gasteiger partial charge in [0.25, 0.3) is 0 Å². The molecule has 2 atom stereocenters. The maximum Gasteiger partial charge on any atom is 0.234 e. The molecule has 0 aliphatic heterocycles. The van der Waals surface area contributed by atoms with Gasteiger partial charge in [0.15, 0.2) is 0 Å². The van der Waals surface area contributed by atoms with Crippen molar-refractivity contribution in [2.75, 3.05) is 14.1 Å². The first-order chi connectivity index (χ1) is 12.0. The Hall–Kier alpha value is -2.00. The van der Waals surface area contributed by atoms with Crippen molar-refractivity contribution in [2.45, 2.75) is 65.6 Å². The van der Waals surface area contributed by atoms with Gasteiger partial charge in [0.05, 0.1) is 17.8 Å². The van der Waals surface area contributed by atoms with Crippen molar-refractivity contribution in [2.24, 2.45) is 11.5 Å². The van der Waals surface area contributed by atoms with Crippen molar-refractivity contribution < 1.29 is 9.59 Å². The van der Waals surface area contributed by atoms with E-state index in [4.69, 9.17) is 11.5 Å². The third kappa shape index (κ3) is 10.5. The molecule has 2 unspecified atom stereocenters. The number of nitrogens with zero attached hydrogens (tertiary/aromatic N) is 3. The summed E-state index contributed by atoms with van der Waals surface area (Å²) < 4.78 is 1.68. The molecular weight excluding hydrogens is 322 g/mol. The molecule has 0 aliphatic rings. The fourth-order valence-corrected chi connectivity index (χ4v) is 1.98. The summed E-state index contributed by atoms with van der Waals surface area (Å²) in [7, 11) is 3.37. The van der Waals surface area contributed by atoms with Crippen LogP contribution >= 0.6 is 0 Å². The molecule has 0 saturated heterocycles. The SMILES string of the molecule is CC.CC.CNC(CCCn1cc(CC(NC)C(N)=O)nn1)C(N)=O. The van der Waals surface area contributed by atoms with Gasteiger partial charge in [-0.25, -0.2) is 0 Å². The predicted molar refractivity (Wildman–Crippen MR) is 99.7 cm³/mol. The number of nitrogens with two attached hydrogens (primary N) is 2. The first-order valence-electron chi connectivity index (χ1n) is 8.80. The highest BCUT2D eigenvalue weighted by atomic mass is 16.1. The second kappa shape index (κ2) is 15.5. The summed E-state index contributed by atoms with van der Waals surface area (Å²) >= 11 is 0. The lowest BCUT2D eigenvalue weighted by atomic mass is 10.1. The third-order valence-electron chi connectivity index (χ3n) is 3.26. The minimum Gasteiger partial charge on any atom is -0.368 e. The fraction of sp³-hybridized carbons (Fsp3) is 0.750. The van der Waals surface area contributed by atoms with Gasteiger partial charge in [-0.1, -0.05) is 32.9 Å². The molecule has 1 aromatic heterocycles. The molecule has 6 N–H and O–H groups in total. The molecule has 0 saturated carbocycles. The quantitative estimate of drug-likeness (QED) is 0.457. The minimum atomic E-state index is -0.460. The molecule has 0 radical (unpaired) electrons. The monoisotopic (exact) mass is 357 g/mol. The van der Waals surface area contributed by atoms with Crippen molar-refractivity contribution in [1.29, 1.82) is 0 Å². The van der Waals surface area contributed by atoms with E-state index in [0.717, 1.165) is 6.42 Å². The maximum atomic E-state index is 11.1. The Bertz CT molecular complexity index is 477. The van der Waals surface area contributed by atoms with Crippen LogP contribution in [0.2, 0.25) is 0 Å². The van der Waals surface area contributed by atoms with Gasteiger partial charge in [0, 0.05) is 19.2 Å². The van der Waals surface area contributed by atoms with Crippen molar-refractivity contribution in [1.82, 2.24) is 25.6 Å². The van der Waals surface area contributed by atoms with Crippen molar-refractivity contribution >= 4 is 11.8 Å². The molecule has 25 heavy (non-hydrogen) atoms. The first kappa shape index (κ1) is 25.2. The molecule has 9 heteroatoms. The third-order valence-corrected chi connectivity index (χ3v) is 3.26. The summed E-state index contributed by atoms with van der Waals surface area (Å²) in [6.45, 7) is 8.62. The van der Waals surface area contributed by atoms with E-state index < -0.39 is 11.9 Å². The van der Waals surface area contributed by atoms with Crippen LogP contribution in [0.1, 0.15) is 46.2 Å². The van der Waals surface area contributed by atoms with Crippen LogP contribution in [0.25, 0.3) is 0 Å². The first-order valence-corrected chi connectivity index (χ1v) is 8.80. The molecule has 0 spiro atoms. The lowest BCUT2D eigenvalue weighted by Crippen LogP contribution is -2.40. The number of hydrogen-bond donors (Lipinski definition) is 4. The van der Waals surface area contributed by atoms with E-state index in [2.05, 4.69) is 20.9 Å². The summed E-state index contributed by atoms with van der Waals surface area (Å²) in [6, 6.07) is -0.796. The Morgan fingerprint density at radius 1 is 1.08 bits per heavy atom. The summed E-state index contributed by atoms with van der Waals surface area (Å²) in [5, 5.41) is 13.7. The van der Waals surface area contributed by atoms with Crippen LogP contribution in [0.3, 0.4) is 0 Å². The Balaban J connectivity index is 0. The van der Waals surface area contributed by atoms with Crippen LogP contribution in [-0.2, 0) is 22.6 Å². The Labute approximate surface area is 150 Å². The molecule has 146 valence electrons. The van der Waals surface area contributed by atoms with Crippen LogP contribution in [0.15, 0.2) is 6.20 Å². The number of amides is 2. The molecule has 0 fully saturated rings. The molecule has 1 heterocycles. The molecule has 0 aliphatic carbocycles. The van der Waals surface area contributed by atoms with E-state index in [1.807, 2.05) is 27.7 Å². The molecule has 2 amide bonds. The normalized spacial score (nSPS) is 12.1. The zero-order chi connectivity index (χ0) is 19.8. The van der Waals surface area contributed by atoms with Gasteiger partial charge in [-0.3, -0.25) is 14.3 Å². The highest BCUT2D eigenvalue weighted by Crippen LogP contribution is 2.02. The number of likely N-dealkylation sites (N-methyl/N-ethyl adjacent to an activating group) is 2. The van der Waals surface area contributed by atoms with Crippen molar-refractivity contribution in [3.63, 3.8) is 0 Å². The van der Waals surface area contributed by atoms with Crippen LogP contribution in [0.4, 0.5) is 0 Å². The van der Waals surface area contributed by atoms with Crippen molar-refractivity contribution in [3.8, 4) is 0 Å². The van der Waals surface area contributed by atoms with Crippen LogP contribution < -0.4 is 22.1 Å². The number of nitrogens with one attached hydrogen (secondary N) is 2. The maximum absolute atomic E-state index is 11.1. The number of aryl methyl sites for hydroxylation is 1. The van der Waals surface area contributed by atoms with Gasteiger partial charge < -0.3 is 22.1 Å². The van der Waals surface area contributed by atoms with E-state index in [1.165, 1.54) is 0 Å². The largest absolute Gasteiger partial charge is 0.368 e. The summed E-state index contributed by atoms with van der Waals surface area (Å²) in [5.74, 6) is -0.791. The Kier molecular flexibility index (Phi) is 15.7. The van der Waals surface area contributed by atoms with Crippen LogP contribution in [0.5, 0.6) is 0 Å². The average molecular weight is 358 g/mol. The standard InChI is InChI=1S/C12H23N7O2.2C2H6/c1-15-9(11(13)20)4-3-5-19-7-8(17-18-19)6-10(16-2)12(14)21;2*1-2/h7,9-10,15-16H,3-6H2,1-2H3,(H2,13,20)(H2,14,21);2*1-2H3. The molecule has 0 aromatic carbocycles. The van der Waals surface area contributed by atoms with Crippen LogP contribution in [-0.4, -0.2) is 53.0 Å². The van der Waals surface area contributed by atoms with E-state index >= 15 is 0 Å². The van der Waals surface area contributed by atoms with Crippen LogP contribution in [0, 0.1) is 0 Å². The van der Waals surface area contributed by atoms with Gasteiger partial charge in [-0.15, -0.1) is 5.10 Å². The lowest BCUT2D eigenvalue weighted by Gasteiger charge is -2.11. The number of hydrogen-bond acceptors (Lipinski definition) is 6. The minimum absolute atomic E-state index is 0.337. The van der Waals surface area contributed by atoms with Gasteiger partial charge in [-0.2, -0.15) is 0 Å². The number of primary amides is 2. The molecule has 9 nitrogen and oxygen atoms in total. The number of aromatic nitrogens is 3. The Morgan fingerprint density at radius 3 is 2.04 bits per heavy atom. The zero-order valence-corrected chi connectivity index (χ0v) is 16.4. The van der Waals surface area contributed by atoms with Gasteiger partial charge in [0.2, 0.25) is 11.8 Å². The highest BCUT2D eigenvalue weighted by Gasteiger charge is 2.16. The summed E-state index contributed by atoms with van der Waals surface area (Å²) in [5.41, 5.74) is 11.2. The van der Waals surface area contributed by atoms with E-state index in [-0.39, 0.29) is 11.9 Å². The number of carbonyl (C=O) groups excluding carboxylic acids is 2. The van der Waals surface area contributed by atoms with E-state index in [1.54, 1.807) is 25.0 Å². The molecular formula is C16H35N7O2. The molecule has 1 aromatic rings. The summed E-state index contributed by atoms with van der Waals surface area (Å²) in [6.07, 6.45) is 3.53.